The number of nitrogens with zero attached hydrogens (tertiary/aromatic N) is 1. The summed E-state index contributed by atoms with van der Waals surface area (Å²) in [6.45, 7) is 10.7. The second-order valence-electron chi connectivity index (χ2n) is 6.23. The number of rotatable bonds is 2. The van der Waals surface area contributed by atoms with Crippen LogP contribution in [0.2, 0.25) is 0 Å². The van der Waals surface area contributed by atoms with Gasteiger partial charge in [-0.2, -0.15) is 0 Å². The molecule has 0 spiro atoms. The number of nitrogens with one attached hydrogen (secondary N) is 1. The average molecular weight is 290 g/mol. The maximum atomic E-state index is 4.81. The summed E-state index contributed by atoms with van der Waals surface area (Å²) in [4.78, 5) is 4.81. The maximum Gasteiger partial charge on any atom is 0.131 e. The minimum absolute atomic E-state index is 0.903. The highest BCUT2D eigenvalue weighted by Crippen LogP contribution is 2.26. The number of fused-ring (bicyclic) bond motifs is 1. The van der Waals surface area contributed by atoms with Gasteiger partial charge < -0.3 is 5.32 Å². The third-order valence-corrected chi connectivity index (χ3v) is 4.23. The van der Waals surface area contributed by atoms with Crippen LogP contribution in [0.15, 0.2) is 36.4 Å². The average Bonchev–Trinajstić information content (AvgIpc) is 2.44. The molecular formula is C20H22N2. The molecule has 3 rings (SSSR count). The topological polar surface area (TPSA) is 24.9 Å². The molecule has 22 heavy (non-hydrogen) atoms. The van der Waals surface area contributed by atoms with Gasteiger partial charge in [0.2, 0.25) is 0 Å². The molecule has 0 amide bonds. The lowest BCUT2D eigenvalue weighted by Crippen LogP contribution is -1.97. The first-order valence-corrected chi connectivity index (χ1v) is 7.67. The Labute approximate surface area is 132 Å². The first-order chi connectivity index (χ1) is 10.4. The first kappa shape index (κ1) is 14.6. The summed E-state index contributed by atoms with van der Waals surface area (Å²) < 4.78 is 0. The van der Waals surface area contributed by atoms with Crippen molar-refractivity contribution in [2.24, 2.45) is 0 Å². The van der Waals surface area contributed by atoms with Crippen molar-refractivity contribution in [2.75, 3.05) is 5.32 Å². The molecule has 0 aliphatic heterocycles. The van der Waals surface area contributed by atoms with Crippen LogP contribution in [0.3, 0.4) is 0 Å². The molecule has 0 saturated carbocycles. The van der Waals surface area contributed by atoms with E-state index in [9.17, 15) is 0 Å². The highest BCUT2D eigenvalue weighted by molar-refractivity contribution is 5.87. The van der Waals surface area contributed by atoms with Crippen LogP contribution in [0.25, 0.3) is 10.9 Å². The van der Waals surface area contributed by atoms with Crippen molar-refractivity contribution >= 4 is 22.4 Å². The summed E-state index contributed by atoms with van der Waals surface area (Å²) in [6, 6.07) is 12.9. The highest BCUT2D eigenvalue weighted by Gasteiger charge is 2.07. The fourth-order valence-electron chi connectivity index (χ4n) is 2.88. The van der Waals surface area contributed by atoms with E-state index in [0.717, 1.165) is 17.0 Å². The molecule has 2 heteroatoms. The van der Waals surface area contributed by atoms with Gasteiger partial charge in [0.05, 0.1) is 5.52 Å². The van der Waals surface area contributed by atoms with Gasteiger partial charge in [-0.25, -0.2) is 4.98 Å². The Hall–Kier alpha value is -2.35. The lowest BCUT2D eigenvalue weighted by atomic mass is 10.0. The monoisotopic (exact) mass is 290 g/mol. The van der Waals surface area contributed by atoms with Crippen molar-refractivity contribution in [3.8, 4) is 0 Å². The van der Waals surface area contributed by atoms with Crippen LogP contribution < -0.4 is 5.32 Å². The van der Waals surface area contributed by atoms with E-state index in [1.165, 1.54) is 33.2 Å². The van der Waals surface area contributed by atoms with Gasteiger partial charge in [-0.05, 0) is 81.1 Å². The number of pyridine rings is 1. The van der Waals surface area contributed by atoms with Crippen molar-refractivity contribution in [3.05, 3.63) is 64.2 Å². The number of hydrogen-bond acceptors (Lipinski definition) is 2. The van der Waals surface area contributed by atoms with E-state index in [4.69, 9.17) is 4.98 Å². The van der Waals surface area contributed by atoms with Crippen molar-refractivity contribution < 1.29 is 0 Å². The molecule has 3 aromatic rings. The SMILES string of the molecule is Cc1cc(C)c2nc(Nc3ccc(C)c(C)c3)cc(C)c2c1. The van der Waals surface area contributed by atoms with E-state index in [1.54, 1.807) is 0 Å². The molecular weight excluding hydrogens is 268 g/mol. The normalized spacial score (nSPS) is 11.0. The van der Waals surface area contributed by atoms with Crippen LogP contribution in [-0.4, -0.2) is 4.98 Å². The Morgan fingerprint density at radius 3 is 2.23 bits per heavy atom. The van der Waals surface area contributed by atoms with E-state index in [-0.39, 0.29) is 0 Å². The summed E-state index contributed by atoms with van der Waals surface area (Å²) in [7, 11) is 0. The van der Waals surface area contributed by atoms with E-state index < -0.39 is 0 Å². The minimum Gasteiger partial charge on any atom is -0.340 e. The van der Waals surface area contributed by atoms with Gasteiger partial charge in [-0.3, -0.25) is 0 Å². The molecule has 1 heterocycles. The van der Waals surface area contributed by atoms with E-state index in [1.807, 2.05) is 0 Å². The van der Waals surface area contributed by atoms with Crippen LogP contribution in [0, 0.1) is 34.6 Å². The fraction of sp³-hybridized carbons (Fsp3) is 0.250. The molecule has 2 nitrogen and oxygen atoms in total. The minimum atomic E-state index is 0.903. The van der Waals surface area contributed by atoms with Crippen molar-refractivity contribution in [1.29, 1.82) is 0 Å². The molecule has 2 aromatic carbocycles. The maximum absolute atomic E-state index is 4.81. The smallest absolute Gasteiger partial charge is 0.131 e. The molecule has 0 atom stereocenters. The Morgan fingerprint density at radius 2 is 1.50 bits per heavy atom. The number of aryl methyl sites for hydroxylation is 5. The van der Waals surface area contributed by atoms with Crippen LogP contribution in [0.5, 0.6) is 0 Å². The third-order valence-electron chi connectivity index (χ3n) is 4.23. The van der Waals surface area contributed by atoms with Crippen LogP contribution in [0.4, 0.5) is 11.5 Å². The zero-order valence-corrected chi connectivity index (χ0v) is 13.9. The molecule has 0 aliphatic carbocycles. The Bertz CT molecular complexity index is 863. The number of benzene rings is 2. The second-order valence-corrected chi connectivity index (χ2v) is 6.23. The van der Waals surface area contributed by atoms with Crippen LogP contribution in [-0.2, 0) is 0 Å². The summed E-state index contributed by atoms with van der Waals surface area (Å²) in [5.74, 6) is 0.903. The van der Waals surface area contributed by atoms with E-state index in [0.29, 0.717) is 0 Å². The molecule has 0 radical (unpaired) electrons. The summed E-state index contributed by atoms with van der Waals surface area (Å²) in [6.07, 6.45) is 0. The van der Waals surface area contributed by atoms with E-state index >= 15 is 0 Å². The highest BCUT2D eigenvalue weighted by atomic mass is 15.0. The van der Waals surface area contributed by atoms with Crippen LogP contribution >= 0.6 is 0 Å². The predicted molar refractivity (Wildman–Crippen MR) is 95.2 cm³/mol. The van der Waals surface area contributed by atoms with Gasteiger partial charge in [0.1, 0.15) is 5.82 Å². The van der Waals surface area contributed by atoms with Gasteiger partial charge >= 0.3 is 0 Å². The van der Waals surface area contributed by atoms with E-state index in [2.05, 4.69) is 76.3 Å². The number of anilines is 2. The standard InChI is InChI=1S/C20H22N2/c1-12-8-16(5)20-18(9-12)15(4)11-19(22-20)21-17-7-6-13(2)14(3)10-17/h6-11H,1-5H3,(H,21,22). The molecule has 112 valence electrons. The molecule has 1 aromatic heterocycles. The largest absolute Gasteiger partial charge is 0.340 e. The molecule has 0 aliphatic rings. The zero-order valence-electron chi connectivity index (χ0n) is 13.9. The van der Waals surface area contributed by atoms with Gasteiger partial charge in [-0.15, -0.1) is 0 Å². The predicted octanol–water partition coefficient (Wildman–Crippen LogP) is 5.52. The Balaban J connectivity index is 2.06. The molecule has 0 bridgehead atoms. The molecule has 1 N–H and O–H groups in total. The van der Waals surface area contributed by atoms with Crippen molar-refractivity contribution in [2.45, 2.75) is 34.6 Å². The summed E-state index contributed by atoms with van der Waals surface area (Å²) in [5, 5.41) is 4.67. The van der Waals surface area contributed by atoms with Gasteiger partial charge in [0.25, 0.3) is 0 Å². The number of aromatic nitrogens is 1. The zero-order chi connectivity index (χ0) is 15.9. The number of hydrogen-bond donors (Lipinski definition) is 1. The lowest BCUT2D eigenvalue weighted by Gasteiger charge is -2.12. The summed E-state index contributed by atoms with van der Waals surface area (Å²) in [5.41, 5.74) is 8.51. The van der Waals surface area contributed by atoms with Crippen LogP contribution in [0.1, 0.15) is 27.8 Å². The second kappa shape index (κ2) is 5.45. The Morgan fingerprint density at radius 1 is 0.727 bits per heavy atom. The van der Waals surface area contributed by atoms with Crippen molar-refractivity contribution in [3.63, 3.8) is 0 Å². The molecule has 0 saturated heterocycles. The third kappa shape index (κ3) is 2.69. The van der Waals surface area contributed by atoms with Gasteiger partial charge in [0.15, 0.2) is 0 Å². The quantitative estimate of drug-likeness (QED) is 0.672. The fourth-order valence-corrected chi connectivity index (χ4v) is 2.88. The Kier molecular flexibility index (Phi) is 3.61. The molecule has 0 fully saturated rings. The molecule has 0 unspecified atom stereocenters. The van der Waals surface area contributed by atoms with Gasteiger partial charge in [-0.1, -0.05) is 17.7 Å². The first-order valence-electron chi connectivity index (χ1n) is 7.67. The lowest BCUT2D eigenvalue weighted by molar-refractivity contribution is 1.29. The van der Waals surface area contributed by atoms with Gasteiger partial charge in [0, 0.05) is 11.1 Å². The summed E-state index contributed by atoms with van der Waals surface area (Å²) >= 11 is 0. The van der Waals surface area contributed by atoms with Crippen molar-refractivity contribution in [1.82, 2.24) is 4.98 Å².